The Morgan fingerprint density at radius 1 is 1.23 bits per heavy atom. The van der Waals surface area contributed by atoms with E-state index in [0.717, 1.165) is 24.0 Å². The molecular formula is C19H25N7O4. The van der Waals surface area contributed by atoms with Gasteiger partial charge in [0.15, 0.2) is 11.5 Å². The Kier molecular flexibility index (Phi) is 6.99. The van der Waals surface area contributed by atoms with Gasteiger partial charge in [-0.3, -0.25) is 14.2 Å². The molecule has 0 radical (unpaired) electrons. The Labute approximate surface area is 172 Å². The standard InChI is InChI=1S/C19H25N7O4/c1-2-3-8-29-18-24-16(20)15-17(25-18)26(19(28)23-15)10-13-6-4-12(5-7-13)9-22-14(27)11-30-21/h4-7H,2-3,8-11,21H2,1H3,(H,22,27)(H,23,28)(H2,20,24,25). The monoisotopic (exact) mass is 415 g/mol. The second kappa shape index (κ2) is 9.85. The van der Waals surface area contributed by atoms with Crippen LogP contribution in [0.2, 0.25) is 0 Å². The van der Waals surface area contributed by atoms with E-state index < -0.39 is 0 Å². The van der Waals surface area contributed by atoms with Crippen LogP contribution < -0.4 is 27.4 Å². The van der Waals surface area contributed by atoms with E-state index in [1.54, 1.807) is 0 Å². The van der Waals surface area contributed by atoms with Crippen LogP contribution in [0, 0.1) is 0 Å². The first kappa shape index (κ1) is 21.3. The third-order valence-corrected chi connectivity index (χ3v) is 4.43. The maximum Gasteiger partial charge on any atom is 0.328 e. The summed E-state index contributed by atoms with van der Waals surface area (Å²) in [7, 11) is 0. The predicted molar refractivity (Wildman–Crippen MR) is 110 cm³/mol. The number of nitrogens with one attached hydrogen (secondary N) is 2. The Morgan fingerprint density at radius 2 is 1.97 bits per heavy atom. The van der Waals surface area contributed by atoms with Crippen LogP contribution in [0.3, 0.4) is 0 Å². The van der Waals surface area contributed by atoms with Gasteiger partial charge < -0.3 is 20.8 Å². The highest BCUT2D eigenvalue weighted by Crippen LogP contribution is 2.19. The predicted octanol–water partition coefficient (Wildman–Crippen LogP) is 0.436. The summed E-state index contributed by atoms with van der Waals surface area (Å²) in [6.45, 7) is 2.97. The summed E-state index contributed by atoms with van der Waals surface area (Å²) in [5.74, 6) is 4.72. The topological polar surface area (TPSA) is 163 Å². The number of nitrogen functional groups attached to an aromatic ring is 1. The van der Waals surface area contributed by atoms with Crippen molar-refractivity contribution in [3.8, 4) is 6.01 Å². The number of aromatic nitrogens is 4. The van der Waals surface area contributed by atoms with Gasteiger partial charge in [0.05, 0.1) is 13.2 Å². The van der Waals surface area contributed by atoms with Gasteiger partial charge in [-0.05, 0) is 17.5 Å². The van der Waals surface area contributed by atoms with Crippen molar-refractivity contribution in [1.82, 2.24) is 24.8 Å². The van der Waals surface area contributed by atoms with Crippen molar-refractivity contribution in [3.63, 3.8) is 0 Å². The minimum absolute atomic E-state index is 0.147. The Morgan fingerprint density at radius 3 is 2.67 bits per heavy atom. The second-order valence-electron chi connectivity index (χ2n) is 6.71. The average molecular weight is 415 g/mol. The van der Waals surface area contributed by atoms with Gasteiger partial charge in [-0.2, -0.15) is 9.97 Å². The molecule has 2 aromatic heterocycles. The number of aromatic amines is 1. The largest absolute Gasteiger partial charge is 0.463 e. The van der Waals surface area contributed by atoms with Gasteiger partial charge in [-0.15, -0.1) is 0 Å². The zero-order valence-corrected chi connectivity index (χ0v) is 16.7. The number of hydrogen-bond donors (Lipinski definition) is 4. The first-order chi connectivity index (χ1) is 14.5. The maximum absolute atomic E-state index is 12.4. The van der Waals surface area contributed by atoms with Gasteiger partial charge in [0.25, 0.3) is 0 Å². The molecule has 0 atom stereocenters. The molecule has 2 heterocycles. The summed E-state index contributed by atoms with van der Waals surface area (Å²) < 4.78 is 7.03. The van der Waals surface area contributed by atoms with Crippen molar-refractivity contribution < 1.29 is 14.4 Å². The molecule has 1 aromatic carbocycles. The number of nitrogens with two attached hydrogens (primary N) is 2. The number of rotatable bonds is 10. The quantitative estimate of drug-likeness (QED) is 0.274. The molecule has 0 bridgehead atoms. The number of amides is 1. The SMILES string of the molecule is CCCCOc1nc(N)c2[nH]c(=O)n(Cc3ccc(CNC(=O)CON)cc3)c2n1. The fourth-order valence-electron chi connectivity index (χ4n) is 2.82. The van der Waals surface area contributed by atoms with E-state index in [-0.39, 0.29) is 36.6 Å². The van der Waals surface area contributed by atoms with Crippen molar-refractivity contribution in [3.05, 3.63) is 45.9 Å². The van der Waals surface area contributed by atoms with Crippen molar-refractivity contribution in [2.45, 2.75) is 32.9 Å². The highest BCUT2D eigenvalue weighted by atomic mass is 16.6. The summed E-state index contributed by atoms with van der Waals surface area (Å²) in [4.78, 5) is 39.3. The number of unbranched alkanes of at least 4 members (excludes halogenated alkanes) is 1. The summed E-state index contributed by atoms with van der Waals surface area (Å²) in [6, 6.07) is 7.61. The normalized spacial score (nSPS) is 11.0. The molecule has 160 valence electrons. The number of ether oxygens (including phenoxy) is 1. The van der Waals surface area contributed by atoms with Crippen LogP contribution >= 0.6 is 0 Å². The lowest BCUT2D eigenvalue weighted by atomic mass is 10.1. The van der Waals surface area contributed by atoms with Crippen molar-refractivity contribution in [2.75, 3.05) is 18.9 Å². The molecule has 0 unspecified atom stereocenters. The maximum atomic E-state index is 12.4. The third-order valence-electron chi connectivity index (χ3n) is 4.43. The zero-order chi connectivity index (χ0) is 21.5. The molecule has 6 N–H and O–H groups in total. The smallest absolute Gasteiger partial charge is 0.328 e. The number of anilines is 1. The molecule has 0 aliphatic carbocycles. The Bertz CT molecular complexity index is 1060. The van der Waals surface area contributed by atoms with Crippen LogP contribution in [0.15, 0.2) is 29.1 Å². The van der Waals surface area contributed by atoms with Crippen LogP contribution in [0.1, 0.15) is 30.9 Å². The Balaban J connectivity index is 1.77. The fraction of sp³-hybridized carbons (Fsp3) is 0.368. The molecule has 1 amide bonds. The van der Waals surface area contributed by atoms with Gasteiger partial charge in [-0.25, -0.2) is 10.7 Å². The number of H-pyrrole nitrogens is 1. The van der Waals surface area contributed by atoms with Crippen LogP contribution in [-0.4, -0.2) is 38.6 Å². The molecule has 0 saturated heterocycles. The first-order valence-corrected chi connectivity index (χ1v) is 9.56. The van der Waals surface area contributed by atoms with Gasteiger partial charge in [-0.1, -0.05) is 37.6 Å². The summed E-state index contributed by atoms with van der Waals surface area (Å²) >= 11 is 0. The summed E-state index contributed by atoms with van der Waals surface area (Å²) in [5.41, 5.74) is 8.17. The van der Waals surface area contributed by atoms with Crippen LogP contribution in [-0.2, 0) is 22.7 Å². The molecule has 0 aliphatic rings. The van der Waals surface area contributed by atoms with Gasteiger partial charge in [0.1, 0.15) is 12.1 Å². The number of imidazole rings is 1. The van der Waals surface area contributed by atoms with Gasteiger partial charge >= 0.3 is 11.7 Å². The first-order valence-electron chi connectivity index (χ1n) is 9.56. The van der Waals surface area contributed by atoms with Crippen LogP contribution in [0.4, 0.5) is 5.82 Å². The van der Waals surface area contributed by atoms with Crippen molar-refractivity contribution in [1.29, 1.82) is 0 Å². The number of carbonyl (C=O) groups is 1. The zero-order valence-electron chi connectivity index (χ0n) is 16.7. The van der Waals surface area contributed by atoms with Crippen molar-refractivity contribution in [2.24, 2.45) is 5.90 Å². The summed E-state index contributed by atoms with van der Waals surface area (Å²) in [6.07, 6.45) is 1.85. The van der Waals surface area contributed by atoms with Gasteiger partial charge in [0.2, 0.25) is 5.91 Å². The highest BCUT2D eigenvalue weighted by Gasteiger charge is 2.15. The lowest BCUT2D eigenvalue weighted by molar-refractivity contribution is -0.125. The van der Waals surface area contributed by atoms with E-state index >= 15 is 0 Å². The molecule has 0 aliphatic heterocycles. The van der Waals surface area contributed by atoms with E-state index in [0.29, 0.717) is 24.3 Å². The van der Waals surface area contributed by atoms with Crippen LogP contribution in [0.5, 0.6) is 6.01 Å². The minimum atomic E-state index is -0.338. The number of hydrogen-bond acceptors (Lipinski definition) is 8. The molecule has 11 nitrogen and oxygen atoms in total. The minimum Gasteiger partial charge on any atom is -0.463 e. The van der Waals surface area contributed by atoms with E-state index in [1.807, 2.05) is 24.3 Å². The molecule has 11 heteroatoms. The molecule has 0 fully saturated rings. The van der Waals surface area contributed by atoms with E-state index in [2.05, 4.69) is 32.0 Å². The fourth-order valence-corrected chi connectivity index (χ4v) is 2.82. The molecular weight excluding hydrogens is 390 g/mol. The third kappa shape index (κ3) is 5.13. The number of nitrogens with zero attached hydrogens (tertiary/aromatic N) is 3. The second-order valence-corrected chi connectivity index (χ2v) is 6.71. The lowest BCUT2D eigenvalue weighted by Gasteiger charge is -2.08. The number of benzene rings is 1. The van der Waals surface area contributed by atoms with E-state index in [1.165, 1.54) is 4.57 Å². The average Bonchev–Trinajstić information content (AvgIpc) is 3.04. The molecule has 30 heavy (non-hydrogen) atoms. The number of fused-ring (bicyclic) bond motifs is 1. The molecule has 0 saturated carbocycles. The summed E-state index contributed by atoms with van der Waals surface area (Å²) in [5, 5.41) is 2.68. The molecule has 3 aromatic rings. The lowest BCUT2D eigenvalue weighted by Crippen LogP contribution is -2.28. The van der Waals surface area contributed by atoms with Crippen LogP contribution in [0.25, 0.3) is 11.2 Å². The van der Waals surface area contributed by atoms with E-state index in [4.69, 9.17) is 16.4 Å². The van der Waals surface area contributed by atoms with E-state index in [9.17, 15) is 9.59 Å². The van der Waals surface area contributed by atoms with Gasteiger partial charge in [0, 0.05) is 6.54 Å². The Hall–Kier alpha value is -3.44. The molecule has 0 spiro atoms. The van der Waals surface area contributed by atoms with Crippen molar-refractivity contribution >= 4 is 22.9 Å². The molecule has 3 rings (SSSR count). The number of carbonyl (C=O) groups excluding carboxylic acids is 1. The highest BCUT2D eigenvalue weighted by molar-refractivity contribution is 5.82.